The van der Waals surface area contributed by atoms with Gasteiger partial charge in [-0.1, -0.05) is 0 Å². The van der Waals surface area contributed by atoms with Gasteiger partial charge in [-0.15, -0.1) is 0 Å². The molecule has 68 valence electrons. The smallest absolute Gasteiger partial charge is 0.244 e. The lowest BCUT2D eigenvalue weighted by atomic mass is 10.4. The third-order valence-corrected chi connectivity index (χ3v) is 1.87. The zero-order valence-corrected chi connectivity index (χ0v) is 7.19. The first kappa shape index (κ1) is 8.10. The Hall–Kier alpha value is -1.51. The quantitative estimate of drug-likeness (QED) is 0.712. The Morgan fingerprint density at radius 2 is 2.46 bits per heavy atom. The van der Waals surface area contributed by atoms with Gasteiger partial charge in [-0.05, 0) is 31.1 Å². The fourth-order valence-electron chi connectivity index (χ4n) is 1.02. The molecule has 13 heavy (non-hydrogen) atoms. The molecule has 0 unspecified atom stereocenters. The van der Waals surface area contributed by atoms with Gasteiger partial charge in [-0.2, -0.15) is 0 Å². The fourth-order valence-corrected chi connectivity index (χ4v) is 1.02. The van der Waals surface area contributed by atoms with Crippen molar-refractivity contribution in [3.8, 4) is 0 Å². The Balaban J connectivity index is 1.85. The molecule has 3 nitrogen and oxygen atoms in total. The van der Waals surface area contributed by atoms with E-state index in [1.807, 2.05) is 0 Å². The number of carbonyl (C=O) groups excluding carboxylic acids is 1. The van der Waals surface area contributed by atoms with Crippen molar-refractivity contribution in [3.63, 3.8) is 0 Å². The van der Waals surface area contributed by atoms with Crippen LogP contribution in [-0.4, -0.2) is 11.9 Å². The molecule has 0 spiro atoms. The highest BCUT2D eigenvalue weighted by Gasteiger charge is 2.21. The third kappa shape index (κ3) is 2.47. The van der Waals surface area contributed by atoms with Crippen molar-refractivity contribution < 1.29 is 9.21 Å². The number of nitrogens with one attached hydrogen (secondary N) is 1. The maximum atomic E-state index is 11.1. The summed E-state index contributed by atoms with van der Waals surface area (Å²) in [6, 6.07) is 4.01. The van der Waals surface area contributed by atoms with E-state index in [-0.39, 0.29) is 5.91 Å². The van der Waals surface area contributed by atoms with E-state index in [0.29, 0.717) is 11.8 Å². The van der Waals surface area contributed by atoms with E-state index in [1.165, 1.54) is 6.08 Å². The molecule has 0 aliphatic heterocycles. The van der Waals surface area contributed by atoms with Crippen molar-refractivity contribution in [1.29, 1.82) is 0 Å². The van der Waals surface area contributed by atoms with Gasteiger partial charge in [0.15, 0.2) is 0 Å². The van der Waals surface area contributed by atoms with Crippen molar-refractivity contribution in [1.82, 2.24) is 5.32 Å². The molecule has 1 saturated carbocycles. The van der Waals surface area contributed by atoms with Gasteiger partial charge in [0.05, 0.1) is 6.26 Å². The second-order valence-electron chi connectivity index (χ2n) is 3.13. The summed E-state index contributed by atoms with van der Waals surface area (Å²) in [5, 5.41) is 2.85. The lowest BCUT2D eigenvalue weighted by Crippen LogP contribution is -2.22. The number of amides is 1. The van der Waals surface area contributed by atoms with E-state index in [0.717, 1.165) is 12.8 Å². The van der Waals surface area contributed by atoms with Crippen molar-refractivity contribution in [2.45, 2.75) is 18.9 Å². The largest absolute Gasteiger partial charge is 0.465 e. The molecule has 1 aliphatic rings. The lowest BCUT2D eigenvalue weighted by Gasteiger charge is -1.95. The number of hydrogen-bond acceptors (Lipinski definition) is 2. The molecular weight excluding hydrogens is 166 g/mol. The van der Waals surface area contributed by atoms with Crippen LogP contribution in [0.4, 0.5) is 0 Å². The van der Waals surface area contributed by atoms with E-state index < -0.39 is 0 Å². The van der Waals surface area contributed by atoms with E-state index in [9.17, 15) is 4.79 Å². The van der Waals surface area contributed by atoms with Crippen LogP contribution >= 0.6 is 0 Å². The monoisotopic (exact) mass is 177 g/mol. The summed E-state index contributed by atoms with van der Waals surface area (Å²) in [5.74, 6) is 0.657. The molecule has 0 radical (unpaired) electrons. The predicted octanol–water partition coefficient (Wildman–Crippen LogP) is 1.57. The zero-order valence-electron chi connectivity index (χ0n) is 7.19. The summed E-state index contributed by atoms with van der Waals surface area (Å²) in [5.41, 5.74) is 0. The maximum Gasteiger partial charge on any atom is 0.244 e. The molecule has 3 heteroatoms. The van der Waals surface area contributed by atoms with E-state index in [1.54, 1.807) is 24.5 Å². The van der Waals surface area contributed by atoms with Crippen LogP contribution in [-0.2, 0) is 4.79 Å². The van der Waals surface area contributed by atoms with Crippen molar-refractivity contribution in [2.24, 2.45) is 0 Å². The molecule has 0 atom stereocenters. The van der Waals surface area contributed by atoms with Gasteiger partial charge in [-0.3, -0.25) is 4.79 Å². The van der Waals surface area contributed by atoms with Crippen molar-refractivity contribution in [3.05, 3.63) is 30.2 Å². The van der Waals surface area contributed by atoms with Crippen LogP contribution < -0.4 is 5.32 Å². The Bertz CT molecular complexity index is 310. The number of hydrogen-bond donors (Lipinski definition) is 1. The molecule has 1 aromatic rings. The van der Waals surface area contributed by atoms with Gasteiger partial charge in [0.2, 0.25) is 5.91 Å². The van der Waals surface area contributed by atoms with E-state index >= 15 is 0 Å². The molecule has 1 amide bonds. The fraction of sp³-hybridized carbons (Fsp3) is 0.300. The first-order valence-corrected chi connectivity index (χ1v) is 4.37. The SMILES string of the molecule is O=C(C=Cc1ccco1)NC1CC1. The Morgan fingerprint density at radius 3 is 3.08 bits per heavy atom. The van der Waals surface area contributed by atoms with Gasteiger partial charge in [0, 0.05) is 12.1 Å². The zero-order chi connectivity index (χ0) is 9.10. The first-order valence-electron chi connectivity index (χ1n) is 4.37. The molecule has 0 aromatic carbocycles. The molecule has 1 aromatic heterocycles. The van der Waals surface area contributed by atoms with E-state index in [2.05, 4.69) is 5.32 Å². The average molecular weight is 177 g/mol. The molecule has 2 rings (SSSR count). The second-order valence-corrected chi connectivity index (χ2v) is 3.13. The summed E-state index contributed by atoms with van der Waals surface area (Å²) in [4.78, 5) is 11.1. The standard InChI is InChI=1S/C10H11NO2/c12-10(11-8-3-4-8)6-5-9-2-1-7-13-9/h1-2,5-8H,3-4H2,(H,11,12). The normalized spacial score (nSPS) is 16.3. The van der Waals surface area contributed by atoms with Crippen LogP contribution in [0, 0.1) is 0 Å². The minimum absolute atomic E-state index is 0.0427. The number of carbonyl (C=O) groups is 1. The summed E-state index contributed by atoms with van der Waals surface area (Å²) in [6.07, 6.45) is 6.97. The van der Waals surface area contributed by atoms with Crippen LogP contribution in [0.5, 0.6) is 0 Å². The third-order valence-electron chi connectivity index (χ3n) is 1.87. The van der Waals surface area contributed by atoms with Crippen LogP contribution in [0.2, 0.25) is 0 Å². The van der Waals surface area contributed by atoms with Crippen molar-refractivity contribution >= 4 is 12.0 Å². The van der Waals surface area contributed by atoms with Gasteiger partial charge in [-0.25, -0.2) is 0 Å². The molecule has 1 heterocycles. The molecule has 1 aliphatic carbocycles. The van der Waals surface area contributed by atoms with Crippen LogP contribution in [0.15, 0.2) is 28.9 Å². The second kappa shape index (κ2) is 3.47. The molecule has 1 N–H and O–H groups in total. The number of rotatable bonds is 3. The highest BCUT2D eigenvalue weighted by Crippen LogP contribution is 2.18. The Kier molecular flexibility index (Phi) is 2.17. The highest BCUT2D eigenvalue weighted by molar-refractivity contribution is 5.91. The summed E-state index contributed by atoms with van der Waals surface area (Å²) in [6.45, 7) is 0. The molecular formula is C10H11NO2. The molecule has 0 saturated heterocycles. The average Bonchev–Trinajstić information content (AvgIpc) is 2.78. The number of furan rings is 1. The van der Waals surface area contributed by atoms with Crippen LogP contribution in [0.25, 0.3) is 6.08 Å². The minimum Gasteiger partial charge on any atom is -0.465 e. The first-order chi connectivity index (χ1) is 6.34. The van der Waals surface area contributed by atoms with Gasteiger partial charge in [0.25, 0.3) is 0 Å². The molecule has 0 bridgehead atoms. The minimum atomic E-state index is -0.0427. The maximum absolute atomic E-state index is 11.1. The summed E-state index contributed by atoms with van der Waals surface area (Å²) in [7, 11) is 0. The van der Waals surface area contributed by atoms with Gasteiger partial charge in [0.1, 0.15) is 5.76 Å². The summed E-state index contributed by atoms with van der Waals surface area (Å²) < 4.78 is 5.04. The molecule has 1 fully saturated rings. The van der Waals surface area contributed by atoms with Crippen molar-refractivity contribution in [2.75, 3.05) is 0 Å². The van der Waals surface area contributed by atoms with E-state index in [4.69, 9.17) is 4.42 Å². The van der Waals surface area contributed by atoms with Gasteiger partial charge < -0.3 is 9.73 Å². The van der Waals surface area contributed by atoms with Gasteiger partial charge >= 0.3 is 0 Å². The van der Waals surface area contributed by atoms with Crippen LogP contribution in [0.3, 0.4) is 0 Å². The Morgan fingerprint density at radius 1 is 1.62 bits per heavy atom. The topological polar surface area (TPSA) is 42.2 Å². The van der Waals surface area contributed by atoms with Crippen LogP contribution in [0.1, 0.15) is 18.6 Å². The summed E-state index contributed by atoms with van der Waals surface area (Å²) >= 11 is 0. The lowest BCUT2D eigenvalue weighted by molar-refractivity contribution is -0.116. The Labute approximate surface area is 76.4 Å². The highest BCUT2D eigenvalue weighted by atomic mass is 16.3. The predicted molar refractivity (Wildman–Crippen MR) is 48.9 cm³/mol.